The van der Waals surface area contributed by atoms with Crippen molar-refractivity contribution in [1.82, 2.24) is 5.32 Å². The van der Waals surface area contributed by atoms with Gasteiger partial charge in [0.15, 0.2) is 0 Å². The zero-order valence-corrected chi connectivity index (χ0v) is 28.6. The number of hydrogen-bond donors (Lipinski definition) is 3. The van der Waals surface area contributed by atoms with E-state index in [1.165, 1.54) is 6.07 Å². The molecular formula is C37H36ClF3N2O5S. The zero-order chi connectivity index (χ0) is 36.0. The van der Waals surface area contributed by atoms with E-state index in [9.17, 15) is 31.2 Å². The van der Waals surface area contributed by atoms with E-state index < -0.39 is 39.4 Å². The Labute approximate surface area is 289 Å². The smallest absolute Gasteiger partial charge is 0.351 e. The molecule has 0 heterocycles. The molecular weight excluding hydrogens is 677 g/mol. The molecule has 0 radical (unpaired) electrons. The maximum Gasteiger partial charge on any atom is 0.416 e. The number of amides is 2. The molecule has 0 aliphatic heterocycles. The van der Waals surface area contributed by atoms with Gasteiger partial charge in [0.25, 0.3) is 16.0 Å². The summed E-state index contributed by atoms with van der Waals surface area (Å²) in [4.78, 5) is 26.3. The molecule has 0 aromatic heterocycles. The van der Waals surface area contributed by atoms with Gasteiger partial charge in [-0.25, -0.2) is 0 Å². The number of hydrogen-bond acceptors (Lipinski definition) is 4. The van der Waals surface area contributed by atoms with Gasteiger partial charge in [0.2, 0.25) is 5.91 Å². The highest BCUT2D eigenvalue weighted by atomic mass is 35.5. The first-order chi connectivity index (χ1) is 22.9. The third-order valence-corrected chi connectivity index (χ3v) is 8.50. The van der Waals surface area contributed by atoms with Crippen molar-refractivity contribution in [3.63, 3.8) is 0 Å². The van der Waals surface area contributed by atoms with Crippen molar-refractivity contribution in [2.24, 2.45) is 5.41 Å². The molecule has 4 rings (SSSR count). The Bertz CT molecular complexity index is 1940. The quantitative estimate of drug-likeness (QED) is 0.135. The lowest BCUT2D eigenvalue weighted by molar-refractivity contribution is -0.137. The molecule has 0 saturated heterocycles. The minimum atomic E-state index is -4.51. The van der Waals surface area contributed by atoms with Crippen LogP contribution in [0.25, 0.3) is 17.2 Å². The molecule has 12 heteroatoms. The molecule has 3 N–H and O–H groups in total. The average Bonchev–Trinajstić information content (AvgIpc) is 3.02. The van der Waals surface area contributed by atoms with Gasteiger partial charge in [0, 0.05) is 28.4 Å². The van der Waals surface area contributed by atoms with Crippen molar-refractivity contribution in [2.75, 3.05) is 17.6 Å². The second-order valence-electron chi connectivity index (χ2n) is 12.6. The molecule has 0 bridgehead atoms. The largest absolute Gasteiger partial charge is 0.416 e. The Morgan fingerprint density at radius 2 is 1.59 bits per heavy atom. The van der Waals surface area contributed by atoms with Crippen LogP contribution in [0, 0.1) is 5.41 Å². The molecule has 0 saturated carbocycles. The third kappa shape index (κ3) is 11.3. The second kappa shape index (κ2) is 15.4. The molecule has 1 atom stereocenters. The molecule has 0 spiro atoms. The van der Waals surface area contributed by atoms with Crippen LogP contribution in [0.1, 0.15) is 59.3 Å². The number of halogens is 4. The predicted molar refractivity (Wildman–Crippen MR) is 187 cm³/mol. The Hall–Kier alpha value is -4.45. The fraction of sp³-hybridized carbons (Fsp3) is 0.243. The number of rotatable bonds is 11. The van der Waals surface area contributed by atoms with E-state index in [-0.39, 0.29) is 34.9 Å². The molecule has 49 heavy (non-hydrogen) atoms. The molecule has 1 unspecified atom stereocenters. The standard InChI is InChI=1S/C37H36ClF3N2O5S/c1-36(2,3)18-17-24-5-4-6-28(21-24)32(22-25-7-9-27(10-8-25)34(44)42-19-20-49(46,47)48)35(45)43-30-14-11-26(12-15-30)31-16-13-29(23-33(31)38)37(39,40)41/h4-18,21,23,32H,19-20,22H2,1-3H3,(H,42,44)(H,43,45)(H,46,47,48)/b18-17+. The van der Waals surface area contributed by atoms with E-state index in [0.717, 1.165) is 28.8 Å². The zero-order valence-electron chi connectivity index (χ0n) is 27.0. The molecule has 0 fully saturated rings. The summed E-state index contributed by atoms with van der Waals surface area (Å²) >= 11 is 6.18. The second-order valence-corrected chi connectivity index (χ2v) is 14.6. The third-order valence-electron chi connectivity index (χ3n) is 7.47. The van der Waals surface area contributed by atoms with Crippen molar-refractivity contribution < 1.29 is 35.7 Å². The van der Waals surface area contributed by atoms with Crippen molar-refractivity contribution >= 4 is 45.3 Å². The van der Waals surface area contributed by atoms with Crippen molar-refractivity contribution in [2.45, 2.75) is 39.3 Å². The number of carbonyl (C=O) groups is 2. The first kappa shape index (κ1) is 37.4. The highest BCUT2D eigenvalue weighted by Gasteiger charge is 2.31. The van der Waals surface area contributed by atoms with E-state index in [1.807, 2.05) is 30.3 Å². The van der Waals surface area contributed by atoms with Gasteiger partial charge in [-0.3, -0.25) is 14.1 Å². The average molecular weight is 713 g/mol. The first-order valence-electron chi connectivity index (χ1n) is 15.3. The van der Waals surface area contributed by atoms with E-state index in [0.29, 0.717) is 16.8 Å². The highest BCUT2D eigenvalue weighted by Crippen LogP contribution is 2.36. The van der Waals surface area contributed by atoms with E-state index in [2.05, 4.69) is 37.5 Å². The molecule has 0 aliphatic carbocycles. The number of anilines is 1. The van der Waals surface area contributed by atoms with Crippen LogP contribution in [0.2, 0.25) is 5.02 Å². The highest BCUT2D eigenvalue weighted by molar-refractivity contribution is 7.85. The Morgan fingerprint density at radius 1 is 0.918 bits per heavy atom. The van der Waals surface area contributed by atoms with Crippen LogP contribution in [0.3, 0.4) is 0 Å². The van der Waals surface area contributed by atoms with Gasteiger partial charge in [-0.05, 0) is 70.5 Å². The van der Waals surface area contributed by atoms with Crippen LogP contribution in [0.15, 0.2) is 97.1 Å². The lowest BCUT2D eigenvalue weighted by Crippen LogP contribution is -2.28. The van der Waals surface area contributed by atoms with Crippen LogP contribution in [-0.4, -0.2) is 37.1 Å². The normalized spacial score (nSPS) is 12.9. The van der Waals surface area contributed by atoms with Gasteiger partial charge in [-0.1, -0.05) is 99.1 Å². The van der Waals surface area contributed by atoms with Crippen LogP contribution in [0.5, 0.6) is 0 Å². The van der Waals surface area contributed by atoms with Crippen LogP contribution >= 0.6 is 11.6 Å². The molecule has 0 aliphatic rings. The first-order valence-corrected chi connectivity index (χ1v) is 17.3. The molecule has 258 valence electrons. The summed E-state index contributed by atoms with van der Waals surface area (Å²) in [6, 6.07) is 24.0. The van der Waals surface area contributed by atoms with Crippen LogP contribution < -0.4 is 10.6 Å². The monoisotopic (exact) mass is 712 g/mol. The topological polar surface area (TPSA) is 113 Å². The fourth-order valence-electron chi connectivity index (χ4n) is 4.90. The van der Waals surface area contributed by atoms with Crippen LogP contribution in [0.4, 0.5) is 18.9 Å². The lowest BCUT2D eigenvalue weighted by atomic mass is 9.89. The van der Waals surface area contributed by atoms with Gasteiger partial charge in [0.05, 0.1) is 17.2 Å². The predicted octanol–water partition coefficient (Wildman–Crippen LogP) is 8.67. The Kier molecular flexibility index (Phi) is 11.7. The molecule has 2 amide bonds. The number of benzene rings is 4. The molecule has 4 aromatic rings. The summed E-state index contributed by atoms with van der Waals surface area (Å²) in [7, 11) is -4.21. The SMILES string of the molecule is CC(C)(C)/C=C/c1cccc(C(Cc2ccc(C(=O)NCCS(=O)(=O)O)cc2)C(=O)Nc2ccc(-c3ccc(C(F)(F)F)cc3Cl)cc2)c1. The summed E-state index contributed by atoms with van der Waals surface area (Å²) in [6.07, 6.45) is -0.160. The number of allylic oxidation sites excluding steroid dienone is 1. The van der Waals surface area contributed by atoms with Crippen molar-refractivity contribution in [1.29, 1.82) is 0 Å². The van der Waals surface area contributed by atoms with E-state index >= 15 is 0 Å². The van der Waals surface area contributed by atoms with E-state index in [1.54, 1.807) is 48.5 Å². The minimum absolute atomic E-state index is 0.0475. The van der Waals surface area contributed by atoms with Crippen molar-refractivity contribution in [3.8, 4) is 11.1 Å². The minimum Gasteiger partial charge on any atom is -0.351 e. The van der Waals surface area contributed by atoms with Gasteiger partial charge in [0.1, 0.15) is 0 Å². The van der Waals surface area contributed by atoms with E-state index in [4.69, 9.17) is 16.2 Å². The summed E-state index contributed by atoms with van der Waals surface area (Å²) < 4.78 is 70.0. The van der Waals surface area contributed by atoms with Gasteiger partial charge in [-0.15, -0.1) is 0 Å². The fourth-order valence-corrected chi connectivity index (χ4v) is 5.55. The maximum absolute atomic E-state index is 13.9. The van der Waals surface area contributed by atoms with Gasteiger partial charge >= 0.3 is 6.18 Å². The number of carbonyl (C=O) groups excluding carboxylic acids is 2. The number of nitrogens with one attached hydrogen (secondary N) is 2. The summed E-state index contributed by atoms with van der Waals surface area (Å²) in [6.45, 7) is 6.00. The maximum atomic E-state index is 13.9. The number of alkyl halides is 3. The Balaban J connectivity index is 1.57. The summed E-state index contributed by atoms with van der Waals surface area (Å²) in [5.74, 6) is -2.07. The van der Waals surface area contributed by atoms with Gasteiger partial charge in [-0.2, -0.15) is 21.6 Å². The summed E-state index contributed by atoms with van der Waals surface area (Å²) in [5.41, 5.74) is 3.29. The Morgan fingerprint density at radius 3 is 2.18 bits per heavy atom. The molecule has 7 nitrogen and oxygen atoms in total. The van der Waals surface area contributed by atoms with Crippen LogP contribution in [-0.2, 0) is 27.5 Å². The molecule has 4 aromatic carbocycles. The van der Waals surface area contributed by atoms with Crippen molar-refractivity contribution in [3.05, 3.63) is 130 Å². The summed E-state index contributed by atoms with van der Waals surface area (Å²) in [5, 5.41) is 5.34. The lowest BCUT2D eigenvalue weighted by Gasteiger charge is -2.19. The van der Waals surface area contributed by atoms with Gasteiger partial charge < -0.3 is 10.6 Å².